The van der Waals surface area contributed by atoms with Crippen LogP contribution in [0.15, 0.2) is 18.2 Å². The molecule has 1 atom stereocenters. The zero-order valence-corrected chi connectivity index (χ0v) is 11.4. The normalized spacial score (nSPS) is 12.5. The molecule has 2 N–H and O–H groups in total. The van der Waals surface area contributed by atoms with Crippen LogP contribution in [0.2, 0.25) is 10.0 Å². The van der Waals surface area contributed by atoms with Crippen molar-refractivity contribution >= 4 is 29.0 Å². The number of rotatable bonds is 6. The molecule has 0 fully saturated rings. The maximum atomic E-state index is 11.8. The molecule has 94 valence electrons. The van der Waals surface area contributed by atoms with Gasteiger partial charge < -0.3 is 5.73 Å². The van der Waals surface area contributed by atoms with Crippen LogP contribution in [0, 0.1) is 5.92 Å². The number of hydrogen-bond acceptors (Lipinski definition) is 2. The van der Waals surface area contributed by atoms with Crippen LogP contribution in [-0.2, 0) is 11.2 Å². The van der Waals surface area contributed by atoms with Gasteiger partial charge in [0.25, 0.3) is 0 Å². The summed E-state index contributed by atoms with van der Waals surface area (Å²) in [6, 6.07) is 5.27. The van der Waals surface area contributed by atoms with Crippen LogP contribution in [0.4, 0.5) is 0 Å². The molecule has 0 aliphatic heterocycles. The molecule has 1 aromatic rings. The van der Waals surface area contributed by atoms with Gasteiger partial charge in [-0.05, 0) is 36.6 Å². The Kier molecular flexibility index (Phi) is 5.96. The molecule has 1 rings (SSSR count). The molecule has 1 aromatic carbocycles. The van der Waals surface area contributed by atoms with Crippen molar-refractivity contribution in [1.29, 1.82) is 0 Å². The quantitative estimate of drug-likeness (QED) is 0.863. The van der Waals surface area contributed by atoms with Gasteiger partial charge in [-0.2, -0.15) is 0 Å². The predicted octanol–water partition coefficient (Wildman–Crippen LogP) is 3.48. The fourth-order valence-corrected chi connectivity index (χ4v) is 2.04. The minimum atomic E-state index is 0.153. The number of benzene rings is 1. The molecule has 0 saturated carbocycles. The van der Waals surface area contributed by atoms with E-state index in [2.05, 4.69) is 0 Å². The average Bonchev–Trinajstić information content (AvgIpc) is 2.31. The largest absolute Gasteiger partial charge is 0.330 e. The molecular formula is C13H17Cl2NO. The topological polar surface area (TPSA) is 43.1 Å². The smallest absolute Gasteiger partial charge is 0.137 e. The van der Waals surface area contributed by atoms with Gasteiger partial charge in [0.15, 0.2) is 0 Å². The summed E-state index contributed by atoms with van der Waals surface area (Å²) in [6.07, 6.45) is 1.65. The Bertz CT molecular complexity index is 373. The summed E-state index contributed by atoms with van der Waals surface area (Å²) in [7, 11) is 0. The third-order valence-corrected chi connectivity index (χ3v) is 3.46. The highest BCUT2D eigenvalue weighted by atomic mass is 35.5. The van der Waals surface area contributed by atoms with Crippen LogP contribution in [0.5, 0.6) is 0 Å². The van der Waals surface area contributed by atoms with Crippen molar-refractivity contribution in [2.75, 3.05) is 6.54 Å². The van der Waals surface area contributed by atoms with Crippen LogP contribution < -0.4 is 5.73 Å². The maximum Gasteiger partial charge on any atom is 0.137 e. The highest BCUT2D eigenvalue weighted by Crippen LogP contribution is 2.25. The highest BCUT2D eigenvalue weighted by Gasteiger charge is 2.11. The number of carbonyl (C=O) groups is 1. The number of carbonyl (C=O) groups excluding carboxylic acids is 1. The van der Waals surface area contributed by atoms with Crippen LogP contribution in [0.25, 0.3) is 0 Å². The molecular weight excluding hydrogens is 257 g/mol. The van der Waals surface area contributed by atoms with E-state index in [-0.39, 0.29) is 5.78 Å². The number of nitrogens with two attached hydrogens (primary N) is 1. The van der Waals surface area contributed by atoms with Crippen LogP contribution in [-0.4, -0.2) is 12.3 Å². The van der Waals surface area contributed by atoms with E-state index in [9.17, 15) is 4.79 Å². The summed E-state index contributed by atoms with van der Waals surface area (Å²) < 4.78 is 0. The third kappa shape index (κ3) is 4.66. The fourth-order valence-electron chi connectivity index (χ4n) is 1.51. The zero-order valence-electron chi connectivity index (χ0n) is 9.88. The lowest BCUT2D eigenvalue weighted by Crippen LogP contribution is -2.13. The fraction of sp³-hybridized carbons (Fsp3) is 0.462. The monoisotopic (exact) mass is 273 g/mol. The molecule has 17 heavy (non-hydrogen) atoms. The van der Waals surface area contributed by atoms with Gasteiger partial charge in [0.2, 0.25) is 0 Å². The SMILES string of the molecule is CC(CN)CCC(=O)Cc1c(Cl)cccc1Cl. The van der Waals surface area contributed by atoms with Crippen molar-refractivity contribution in [2.45, 2.75) is 26.2 Å². The van der Waals surface area contributed by atoms with Crippen LogP contribution in [0.1, 0.15) is 25.3 Å². The lowest BCUT2D eigenvalue weighted by molar-refractivity contribution is -0.118. The Balaban J connectivity index is 2.56. The molecule has 0 aromatic heterocycles. The Morgan fingerprint density at radius 3 is 2.47 bits per heavy atom. The van der Waals surface area contributed by atoms with Gasteiger partial charge >= 0.3 is 0 Å². The lowest BCUT2D eigenvalue weighted by Gasteiger charge is -2.08. The van der Waals surface area contributed by atoms with Gasteiger partial charge in [0.1, 0.15) is 5.78 Å². The van der Waals surface area contributed by atoms with Crippen LogP contribution in [0.3, 0.4) is 0 Å². The Morgan fingerprint density at radius 2 is 1.94 bits per heavy atom. The van der Waals surface area contributed by atoms with Gasteiger partial charge in [-0.15, -0.1) is 0 Å². The molecule has 1 unspecified atom stereocenters. The number of hydrogen-bond donors (Lipinski definition) is 1. The van der Waals surface area contributed by atoms with E-state index in [4.69, 9.17) is 28.9 Å². The predicted molar refractivity (Wildman–Crippen MR) is 72.6 cm³/mol. The minimum Gasteiger partial charge on any atom is -0.330 e. The van der Waals surface area contributed by atoms with Crippen molar-refractivity contribution < 1.29 is 4.79 Å². The summed E-state index contributed by atoms with van der Waals surface area (Å²) >= 11 is 12.0. The molecule has 0 aliphatic carbocycles. The van der Waals surface area contributed by atoms with E-state index in [1.165, 1.54) is 0 Å². The molecule has 0 bridgehead atoms. The Labute approximate surface area is 112 Å². The number of Topliss-reactive ketones (excluding diaryl/α,β-unsaturated/α-hetero) is 1. The second-order valence-electron chi connectivity index (χ2n) is 4.30. The summed E-state index contributed by atoms with van der Waals surface area (Å²) in [6.45, 7) is 2.65. The molecule has 0 radical (unpaired) electrons. The highest BCUT2D eigenvalue weighted by molar-refractivity contribution is 6.36. The average molecular weight is 274 g/mol. The van der Waals surface area contributed by atoms with Crippen molar-refractivity contribution in [2.24, 2.45) is 11.7 Å². The maximum absolute atomic E-state index is 11.8. The minimum absolute atomic E-state index is 0.153. The van der Waals surface area contributed by atoms with Crippen molar-refractivity contribution in [3.05, 3.63) is 33.8 Å². The Morgan fingerprint density at radius 1 is 1.35 bits per heavy atom. The summed E-state index contributed by atoms with van der Waals surface area (Å²) in [4.78, 5) is 11.8. The molecule has 0 aliphatic rings. The van der Waals surface area contributed by atoms with Gasteiger partial charge in [-0.1, -0.05) is 36.2 Å². The van der Waals surface area contributed by atoms with Gasteiger partial charge in [-0.25, -0.2) is 0 Å². The number of ketones is 1. The third-order valence-electron chi connectivity index (χ3n) is 2.75. The second-order valence-corrected chi connectivity index (χ2v) is 5.11. The van der Waals surface area contributed by atoms with Crippen molar-refractivity contribution in [1.82, 2.24) is 0 Å². The van der Waals surface area contributed by atoms with E-state index < -0.39 is 0 Å². The zero-order chi connectivity index (χ0) is 12.8. The summed E-state index contributed by atoms with van der Waals surface area (Å²) in [5.41, 5.74) is 6.23. The van der Waals surface area contributed by atoms with Gasteiger partial charge in [0, 0.05) is 22.9 Å². The van der Waals surface area contributed by atoms with Crippen LogP contribution >= 0.6 is 23.2 Å². The molecule has 2 nitrogen and oxygen atoms in total. The van der Waals surface area contributed by atoms with Gasteiger partial charge in [0.05, 0.1) is 0 Å². The molecule has 0 saturated heterocycles. The van der Waals surface area contributed by atoms with Crippen molar-refractivity contribution in [3.8, 4) is 0 Å². The van der Waals surface area contributed by atoms with Gasteiger partial charge in [-0.3, -0.25) is 4.79 Å². The lowest BCUT2D eigenvalue weighted by atomic mass is 10.00. The van der Waals surface area contributed by atoms with Crippen molar-refractivity contribution in [3.63, 3.8) is 0 Å². The first-order valence-corrected chi connectivity index (χ1v) is 6.44. The standard InChI is InChI=1S/C13H17Cl2NO/c1-9(8-16)5-6-10(17)7-11-12(14)3-2-4-13(11)15/h2-4,9H,5-8,16H2,1H3. The van der Waals surface area contributed by atoms with E-state index in [0.717, 1.165) is 12.0 Å². The summed E-state index contributed by atoms with van der Waals surface area (Å²) in [5.74, 6) is 0.529. The first-order chi connectivity index (χ1) is 8.04. The second kappa shape index (κ2) is 7.00. The molecule has 0 amide bonds. The van der Waals surface area contributed by atoms with E-state index in [0.29, 0.717) is 35.3 Å². The molecule has 0 spiro atoms. The molecule has 0 heterocycles. The first kappa shape index (κ1) is 14.5. The van der Waals surface area contributed by atoms with E-state index >= 15 is 0 Å². The van der Waals surface area contributed by atoms with E-state index in [1.807, 2.05) is 6.92 Å². The molecule has 4 heteroatoms. The summed E-state index contributed by atoms with van der Waals surface area (Å²) in [5, 5.41) is 1.11. The van der Waals surface area contributed by atoms with E-state index in [1.54, 1.807) is 18.2 Å². The Hall–Kier alpha value is -0.570. The first-order valence-electron chi connectivity index (χ1n) is 5.69. The number of halogens is 2.